The molecule has 0 aliphatic rings. The van der Waals surface area contributed by atoms with E-state index in [0.717, 1.165) is 0 Å². The SMILES string of the molecule is NC(=O)CC(C(N)=O)c1ccc(I)cc1F. The van der Waals surface area contributed by atoms with Crippen molar-refractivity contribution in [3.8, 4) is 0 Å². The van der Waals surface area contributed by atoms with Crippen molar-refractivity contribution in [2.75, 3.05) is 0 Å². The molecule has 86 valence electrons. The summed E-state index contributed by atoms with van der Waals surface area (Å²) < 4.78 is 14.2. The van der Waals surface area contributed by atoms with E-state index in [1.807, 2.05) is 22.6 Å². The zero-order valence-corrected chi connectivity index (χ0v) is 10.4. The van der Waals surface area contributed by atoms with Crippen LogP contribution in [0, 0.1) is 9.39 Å². The molecule has 1 unspecified atom stereocenters. The molecule has 4 N–H and O–H groups in total. The minimum atomic E-state index is -1.01. The molecule has 0 aliphatic carbocycles. The average molecular weight is 336 g/mol. The lowest BCUT2D eigenvalue weighted by atomic mass is 9.94. The van der Waals surface area contributed by atoms with E-state index < -0.39 is 23.5 Å². The van der Waals surface area contributed by atoms with Crippen LogP contribution in [0.4, 0.5) is 4.39 Å². The summed E-state index contributed by atoms with van der Waals surface area (Å²) in [6, 6.07) is 4.35. The number of benzene rings is 1. The monoisotopic (exact) mass is 336 g/mol. The summed E-state index contributed by atoms with van der Waals surface area (Å²) in [5, 5.41) is 0. The van der Waals surface area contributed by atoms with Gasteiger partial charge in [0.1, 0.15) is 5.82 Å². The molecule has 0 radical (unpaired) electrons. The molecule has 0 heterocycles. The van der Waals surface area contributed by atoms with Gasteiger partial charge in [-0.3, -0.25) is 9.59 Å². The Kier molecular flexibility index (Phi) is 4.22. The fourth-order valence-electron chi connectivity index (χ4n) is 1.35. The largest absolute Gasteiger partial charge is 0.370 e. The number of rotatable bonds is 4. The summed E-state index contributed by atoms with van der Waals surface area (Å²) in [6.07, 6.45) is -0.285. The van der Waals surface area contributed by atoms with E-state index in [2.05, 4.69) is 0 Å². The van der Waals surface area contributed by atoms with Gasteiger partial charge in [-0.1, -0.05) is 6.07 Å². The van der Waals surface area contributed by atoms with Crippen LogP contribution in [0.25, 0.3) is 0 Å². The maximum Gasteiger partial charge on any atom is 0.225 e. The second-order valence-corrected chi connectivity index (χ2v) is 4.54. The molecule has 1 aromatic carbocycles. The number of carbonyl (C=O) groups excluding carboxylic acids is 2. The van der Waals surface area contributed by atoms with Gasteiger partial charge < -0.3 is 11.5 Å². The van der Waals surface area contributed by atoms with E-state index >= 15 is 0 Å². The smallest absolute Gasteiger partial charge is 0.225 e. The molecule has 0 aromatic heterocycles. The minimum Gasteiger partial charge on any atom is -0.370 e. The Hall–Kier alpha value is -1.18. The molecule has 0 aliphatic heterocycles. The van der Waals surface area contributed by atoms with E-state index in [1.54, 1.807) is 6.07 Å². The van der Waals surface area contributed by atoms with Crippen LogP contribution in [0.1, 0.15) is 17.9 Å². The predicted molar refractivity (Wildman–Crippen MR) is 64.9 cm³/mol. The van der Waals surface area contributed by atoms with Crippen LogP contribution < -0.4 is 11.5 Å². The fraction of sp³-hybridized carbons (Fsp3) is 0.200. The van der Waals surface area contributed by atoms with Crippen LogP contribution in [0.2, 0.25) is 0 Å². The van der Waals surface area contributed by atoms with Crippen LogP contribution in [-0.2, 0) is 9.59 Å². The van der Waals surface area contributed by atoms with Crippen molar-refractivity contribution in [1.82, 2.24) is 0 Å². The van der Waals surface area contributed by atoms with Crippen LogP contribution in [0.5, 0.6) is 0 Å². The number of primary amides is 2. The first-order valence-corrected chi connectivity index (χ1v) is 5.52. The quantitative estimate of drug-likeness (QED) is 0.800. The van der Waals surface area contributed by atoms with Gasteiger partial charge in [-0.25, -0.2) is 4.39 Å². The van der Waals surface area contributed by atoms with Crippen molar-refractivity contribution >= 4 is 34.4 Å². The molecule has 0 spiro atoms. The molecular formula is C10H10FIN2O2. The van der Waals surface area contributed by atoms with E-state index in [4.69, 9.17) is 11.5 Å². The molecule has 0 saturated carbocycles. The molecule has 4 nitrogen and oxygen atoms in total. The van der Waals surface area contributed by atoms with Gasteiger partial charge in [0, 0.05) is 15.6 Å². The molecule has 0 fully saturated rings. The lowest BCUT2D eigenvalue weighted by Crippen LogP contribution is -2.27. The first-order chi connectivity index (χ1) is 7.41. The van der Waals surface area contributed by atoms with Gasteiger partial charge in [-0.05, 0) is 34.7 Å². The molecule has 16 heavy (non-hydrogen) atoms. The third-order valence-corrected chi connectivity index (χ3v) is 2.76. The van der Waals surface area contributed by atoms with Gasteiger partial charge in [-0.2, -0.15) is 0 Å². The average Bonchev–Trinajstić information content (AvgIpc) is 2.14. The number of amides is 2. The van der Waals surface area contributed by atoms with Gasteiger partial charge in [-0.15, -0.1) is 0 Å². The van der Waals surface area contributed by atoms with Crippen LogP contribution in [0.15, 0.2) is 18.2 Å². The highest BCUT2D eigenvalue weighted by Crippen LogP contribution is 2.23. The lowest BCUT2D eigenvalue weighted by molar-refractivity contribution is -0.124. The first kappa shape index (κ1) is 12.9. The number of hydrogen-bond acceptors (Lipinski definition) is 2. The standard InChI is InChI=1S/C10H10FIN2O2/c11-8-3-5(12)1-2-6(8)7(10(14)16)4-9(13)15/h1-3,7H,4H2,(H2,13,15)(H2,14,16). The maximum absolute atomic E-state index is 13.5. The van der Waals surface area contributed by atoms with Crippen LogP contribution in [-0.4, -0.2) is 11.8 Å². The second kappa shape index (κ2) is 5.24. The molecule has 0 saturated heterocycles. The van der Waals surface area contributed by atoms with Crippen molar-refractivity contribution in [2.24, 2.45) is 11.5 Å². The normalized spacial score (nSPS) is 12.1. The van der Waals surface area contributed by atoms with Gasteiger partial charge in [0.05, 0.1) is 5.92 Å². The number of hydrogen-bond donors (Lipinski definition) is 2. The van der Waals surface area contributed by atoms with E-state index in [9.17, 15) is 14.0 Å². The Labute approximate surface area is 105 Å². The number of halogens is 2. The Morgan fingerprint density at radius 1 is 1.38 bits per heavy atom. The van der Waals surface area contributed by atoms with E-state index in [1.165, 1.54) is 12.1 Å². The maximum atomic E-state index is 13.5. The lowest BCUT2D eigenvalue weighted by Gasteiger charge is -2.12. The van der Waals surface area contributed by atoms with Crippen molar-refractivity contribution in [1.29, 1.82) is 0 Å². The Bertz CT molecular complexity index is 437. The summed E-state index contributed by atoms with van der Waals surface area (Å²) in [6.45, 7) is 0. The topological polar surface area (TPSA) is 86.2 Å². The molecule has 2 amide bonds. The summed E-state index contributed by atoms with van der Waals surface area (Å²) in [5.74, 6) is -3.02. The second-order valence-electron chi connectivity index (χ2n) is 3.29. The Morgan fingerprint density at radius 2 is 2.00 bits per heavy atom. The van der Waals surface area contributed by atoms with Crippen LogP contribution in [0.3, 0.4) is 0 Å². The van der Waals surface area contributed by atoms with Gasteiger partial charge in [0.2, 0.25) is 11.8 Å². The van der Waals surface area contributed by atoms with Gasteiger partial charge in [0.25, 0.3) is 0 Å². The summed E-state index contributed by atoms with van der Waals surface area (Å²) in [4.78, 5) is 21.9. The van der Waals surface area contributed by atoms with Crippen molar-refractivity contribution < 1.29 is 14.0 Å². The van der Waals surface area contributed by atoms with Crippen molar-refractivity contribution in [3.05, 3.63) is 33.1 Å². The minimum absolute atomic E-state index is 0.103. The Balaban J connectivity index is 3.10. The van der Waals surface area contributed by atoms with Crippen molar-refractivity contribution in [2.45, 2.75) is 12.3 Å². The molecule has 1 aromatic rings. The highest BCUT2D eigenvalue weighted by atomic mass is 127. The van der Waals surface area contributed by atoms with Gasteiger partial charge >= 0.3 is 0 Å². The third kappa shape index (κ3) is 3.16. The van der Waals surface area contributed by atoms with Gasteiger partial charge in [0.15, 0.2) is 0 Å². The Morgan fingerprint density at radius 3 is 2.44 bits per heavy atom. The van der Waals surface area contributed by atoms with E-state index in [-0.39, 0.29) is 12.0 Å². The first-order valence-electron chi connectivity index (χ1n) is 4.44. The number of nitrogens with two attached hydrogens (primary N) is 2. The van der Waals surface area contributed by atoms with Crippen LogP contribution >= 0.6 is 22.6 Å². The zero-order chi connectivity index (χ0) is 12.3. The number of carbonyl (C=O) groups is 2. The molecule has 6 heteroatoms. The highest BCUT2D eigenvalue weighted by molar-refractivity contribution is 14.1. The molecule has 1 atom stereocenters. The van der Waals surface area contributed by atoms with Crippen molar-refractivity contribution in [3.63, 3.8) is 0 Å². The molecule has 1 rings (SSSR count). The molecular weight excluding hydrogens is 326 g/mol. The fourth-order valence-corrected chi connectivity index (χ4v) is 1.80. The summed E-state index contributed by atoms with van der Waals surface area (Å²) in [7, 11) is 0. The van der Waals surface area contributed by atoms with E-state index in [0.29, 0.717) is 3.57 Å². The summed E-state index contributed by atoms with van der Waals surface area (Å²) >= 11 is 1.94. The zero-order valence-electron chi connectivity index (χ0n) is 8.24. The third-order valence-electron chi connectivity index (χ3n) is 2.09. The molecule has 0 bridgehead atoms. The predicted octanol–water partition coefficient (Wildman–Crippen LogP) is 0.875. The highest BCUT2D eigenvalue weighted by Gasteiger charge is 2.23. The summed E-state index contributed by atoms with van der Waals surface area (Å²) in [5.41, 5.74) is 10.2.